The van der Waals surface area contributed by atoms with Crippen molar-refractivity contribution in [3.8, 4) is 17.2 Å². The Kier molecular flexibility index (Phi) is 5.21. The third-order valence-electron chi connectivity index (χ3n) is 4.63. The van der Waals surface area contributed by atoms with Gasteiger partial charge in [0.25, 0.3) is 5.91 Å². The summed E-state index contributed by atoms with van der Waals surface area (Å²) in [6.45, 7) is 0. The minimum Gasteiger partial charge on any atom is -0.497 e. The topological polar surface area (TPSA) is 90.3 Å². The molecule has 152 valence electrons. The lowest BCUT2D eigenvalue weighted by Crippen LogP contribution is -2.18. The number of imidazole rings is 1. The first-order valence-electron chi connectivity index (χ1n) is 9.31. The van der Waals surface area contributed by atoms with Crippen LogP contribution in [0.5, 0.6) is 17.2 Å². The number of hydrogen-bond acceptors (Lipinski definition) is 6. The number of carbonyl (C=O) groups is 1. The molecule has 4 rings (SSSR count). The Bertz CT molecular complexity index is 1200. The smallest absolute Gasteiger partial charge is 0.269 e. The standard InChI is InChI=1S/C22H21N5O3/c1-23-21(28)19-13-17(10-11-24-19)30-16-8-9-20-18(12-16)26-22(27(20)2)25-14-4-6-15(29-3)7-5-14/h4-13H,1-3H3,(H,23,28)(H,25,26). The molecule has 4 aromatic rings. The number of nitrogens with one attached hydrogen (secondary N) is 2. The van der Waals surface area contributed by atoms with Gasteiger partial charge >= 0.3 is 0 Å². The molecule has 8 nitrogen and oxygen atoms in total. The number of aromatic nitrogens is 3. The number of fused-ring (bicyclic) bond motifs is 1. The maximum atomic E-state index is 11.8. The normalized spacial score (nSPS) is 10.6. The summed E-state index contributed by atoms with van der Waals surface area (Å²) in [5.41, 5.74) is 2.94. The second kappa shape index (κ2) is 8.12. The average Bonchev–Trinajstić information content (AvgIpc) is 3.08. The monoisotopic (exact) mass is 403 g/mol. The molecule has 0 aliphatic heterocycles. The van der Waals surface area contributed by atoms with Crippen LogP contribution in [0.1, 0.15) is 10.5 Å². The van der Waals surface area contributed by atoms with E-state index in [1.807, 2.05) is 54.1 Å². The fourth-order valence-electron chi connectivity index (χ4n) is 3.02. The lowest BCUT2D eigenvalue weighted by molar-refractivity contribution is 0.0958. The molecule has 0 unspecified atom stereocenters. The molecule has 2 aromatic heterocycles. The van der Waals surface area contributed by atoms with Crippen LogP contribution < -0.4 is 20.1 Å². The van der Waals surface area contributed by atoms with Crippen molar-refractivity contribution in [3.63, 3.8) is 0 Å². The highest BCUT2D eigenvalue weighted by molar-refractivity contribution is 5.92. The molecule has 2 heterocycles. The molecule has 0 aliphatic rings. The molecule has 2 aromatic carbocycles. The number of nitrogens with zero attached hydrogens (tertiary/aromatic N) is 3. The van der Waals surface area contributed by atoms with Gasteiger partial charge in [-0.25, -0.2) is 4.98 Å². The summed E-state index contributed by atoms with van der Waals surface area (Å²) in [6, 6.07) is 16.6. The van der Waals surface area contributed by atoms with Crippen LogP contribution in [0.4, 0.5) is 11.6 Å². The van der Waals surface area contributed by atoms with E-state index in [2.05, 4.69) is 20.6 Å². The Morgan fingerprint density at radius 2 is 1.73 bits per heavy atom. The molecule has 0 spiro atoms. The van der Waals surface area contributed by atoms with Crippen molar-refractivity contribution in [2.45, 2.75) is 0 Å². The van der Waals surface area contributed by atoms with Gasteiger partial charge in [0.15, 0.2) is 0 Å². The Morgan fingerprint density at radius 3 is 2.47 bits per heavy atom. The first-order valence-corrected chi connectivity index (χ1v) is 9.31. The van der Waals surface area contributed by atoms with Crippen LogP contribution in [0, 0.1) is 0 Å². The summed E-state index contributed by atoms with van der Waals surface area (Å²) < 4.78 is 13.1. The van der Waals surface area contributed by atoms with Gasteiger partial charge in [-0.15, -0.1) is 0 Å². The molecular formula is C22H21N5O3. The lowest BCUT2D eigenvalue weighted by Gasteiger charge is -2.07. The highest BCUT2D eigenvalue weighted by Crippen LogP contribution is 2.28. The number of pyridine rings is 1. The molecule has 0 fully saturated rings. The Labute approximate surface area is 173 Å². The minimum atomic E-state index is -0.269. The molecule has 30 heavy (non-hydrogen) atoms. The van der Waals surface area contributed by atoms with Crippen LogP contribution in [0.2, 0.25) is 0 Å². The number of aryl methyl sites for hydroxylation is 1. The molecule has 1 amide bonds. The summed E-state index contributed by atoms with van der Waals surface area (Å²) in [7, 11) is 5.14. The lowest BCUT2D eigenvalue weighted by atomic mass is 10.3. The summed E-state index contributed by atoms with van der Waals surface area (Å²) in [4.78, 5) is 20.5. The van der Waals surface area contributed by atoms with E-state index >= 15 is 0 Å². The zero-order chi connectivity index (χ0) is 21.1. The van der Waals surface area contributed by atoms with Crippen molar-refractivity contribution >= 4 is 28.6 Å². The van der Waals surface area contributed by atoms with Crippen molar-refractivity contribution in [2.24, 2.45) is 7.05 Å². The number of benzene rings is 2. The molecule has 0 atom stereocenters. The molecule has 0 saturated carbocycles. The first kappa shape index (κ1) is 19.3. The average molecular weight is 403 g/mol. The molecular weight excluding hydrogens is 382 g/mol. The quantitative estimate of drug-likeness (QED) is 0.508. The van der Waals surface area contributed by atoms with Gasteiger partial charge in [0.05, 0.1) is 18.1 Å². The van der Waals surface area contributed by atoms with Crippen molar-refractivity contribution in [1.82, 2.24) is 19.9 Å². The highest BCUT2D eigenvalue weighted by Gasteiger charge is 2.11. The number of anilines is 2. The highest BCUT2D eigenvalue weighted by atomic mass is 16.5. The van der Waals surface area contributed by atoms with E-state index in [1.165, 1.54) is 6.20 Å². The van der Waals surface area contributed by atoms with E-state index in [0.29, 0.717) is 23.1 Å². The molecule has 0 aliphatic carbocycles. The fraction of sp³-hybridized carbons (Fsp3) is 0.136. The van der Waals surface area contributed by atoms with Gasteiger partial charge in [0.2, 0.25) is 5.95 Å². The molecule has 0 radical (unpaired) electrons. The third-order valence-corrected chi connectivity index (χ3v) is 4.63. The van der Waals surface area contributed by atoms with Crippen molar-refractivity contribution < 1.29 is 14.3 Å². The van der Waals surface area contributed by atoms with Gasteiger partial charge in [-0.3, -0.25) is 9.78 Å². The fourth-order valence-corrected chi connectivity index (χ4v) is 3.02. The van der Waals surface area contributed by atoms with Crippen LogP contribution in [0.25, 0.3) is 11.0 Å². The van der Waals surface area contributed by atoms with E-state index in [4.69, 9.17) is 9.47 Å². The van der Waals surface area contributed by atoms with E-state index in [0.717, 1.165) is 22.5 Å². The second-order valence-electron chi connectivity index (χ2n) is 6.56. The van der Waals surface area contributed by atoms with Crippen LogP contribution in [-0.4, -0.2) is 34.6 Å². The maximum absolute atomic E-state index is 11.8. The van der Waals surface area contributed by atoms with Crippen LogP contribution in [0.15, 0.2) is 60.8 Å². The van der Waals surface area contributed by atoms with Crippen LogP contribution in [-0.2, 0) is 7.05 Å². The van der Waals surface area contributed by atoms with Crippen molar-refractivity contribution in [2.75, 3.05) is 19.5 Å². The molecule has 0 saturated heterocycles. The zero-order valence-corrected chi connectivity index (χ0v) is 16.8. The predicted octanol–water partition coefficient (Wildman–Crippen LogP) is 3.87. The van der Waals surface area contributed by atoms with Crippen LogP contribution in [0.3, 0.4) is 0 Å². The molecule has 2 N–H and O–H groups in total. The van der Waals surface area contributed by atoms with Gasteiger partial charge in [-0.2, -0.15) is 0 Å². The minimum absolute atomic E-state index is 0.269. The van der Waals surface area contributed by atoms with Crippen molar-refractivity contribution in [3.05, 3.63) is 66.5 Å². The number of carbonyl (C=O) groups excluding carboxylic acids is 1. The number of hydrogen-bond donors (Lipinski definition) is 2. The summed E-state index contributed by atoms with van der Waals surface area (Å²) in [5.74, 6) is 2.37. The Morgan fingerprint density at radius 1 is 1.00 bits per heavy atom. The van der Waals surface area contributed by atoms with E-state index in [9.17, 15) is 4.79 Å². The summed E-state index contributed by atoms with van der Waals surface area (Å²) >= 11 is 0. The Balaban J connectivity index is 1.58. The summed E-state index contributed by atoms with van der Waals surface area (Å²) in [6.07, 6.45) is 1.54. The Hall–Kier alpha value is -4.07. The zero-order valence-electron chi connectivity index (χ0n) is 16.8. The van der Waals surface area contributed by atoms with E-state index in [1.54, 1.807) is 26.3 Å². The van der Waals surface area contributed by atoms with Gasteiger partial charge in [-0.1, -0.05) is 0 Å². The largest absolute Gasteiger partial charge is 0.497 e. The number of amides is 1. The summed E-state index contributed by atoms with van der Waals surface area (Å²) in [5, 5.41) is 5.86. The SMILES string of the molecule is CNC(=O)c1cc(Oc2ccc3c(c2)nc(Nc2ccc(OC)cc2)n3C)ccn1. The van der Waals surface area contributed by atoms with Gasteiger partial charge in [-0.05, 0) is 42.5 Å². The maximum Gasteiger partial charge on any atom is 0.269 e. The number of methoxy groups -OCH3 is 1. The van der Waals surface area contributed by atoms with Crippen LogP contribution >= 0.6 is 0 Å². The van der Waals surface area contributed by atoms with E-state index < -0.39 is 0 Å². The van der Waals surface area contributed by atoms with Gasteiger partial charge < -0.3 is 24.7 Å². The third kappa shape index (κ3) is 3.88. The molecule has 8 heteroatoms. The number of rotatable bonds is 6. The predicted molar refractivity (Wildman–Crippen MR) is 115 cm³/mol. The number of ether oxygens (including phenoxy) is 2. The second-order valence-corrected chi connectivity index (χ2v) is 6.56. The van der Waals surface area contributed by atoms with Gasteiger partial charge in [0.1, 0.15) is 22.9 Å². The van der Waals surface area contributed by atoms with E-state index in [-0.39, 0.29) is 5.91 Å². The van der Waals surface area contributed by atoms with Crippen molar-refractivity contribution in [1.29, 1.82) is 0 Å². The first-order chi connectivity index (χ1) is 14.6. The molecule has 0 bridgehead atoms. The van der Waals surface area contributed by atoms with Gasteiger partial charge in [0, 0.05) is 38.1 Å².